The lowest BCUT2D eigenvalue weighted by atomic mass is 9.92. The molecule has 5 rings (SSSR count). The summed E-state index contributed by atoms with van der Waals surface area (Å²) in [5.41, 5.74) is 1.42. The van der Waals surface area contributed by atoms with E-state index in [-0.39, 0.29) is 11.2 Å². The first kappa shape index (κ1) is 21.6. The molecule has 1 fully saturated rings. The lowest BCUT2D eigenvalue weighted by molar-refractivity contribution is 0.130. The maximum absolute atomic E-state index is 13.3. The highest BCUT2D eigenvalue weighted by atomic mass is 16.2. The zero-order valence-corrected chi connectivity index (χ0v) is 19.8. The SMILES string of the molecule is C[C@@H]1C[C@H](C)CN(Cc2nc3c(c(=O)n(C)c(=O)n3C)n2Cc2cccc3ccccc23)C1. The standard InChI is InChI=1S/C26H31N5O2/c1-17-12-18(2)14-30(13-17)16-22-27-24-23(25(32)29(4)26(33)28(24)3)31(22)15-20-10-7-9-19-8-5-6-11-21(19)20/h5-11,17-18H,12-16H2,1-4H3/t17-,18+. The van der Waals surface area contributed by atoms with Crippen LogP contribution in [0.4, 0.5) is 0 Å². The molecule has 0 aliphatic carbocycles. The van der Waals surface area contributed by atoms with Gasteiger partial charge in [0.15, 0.2) is 11.2 Å². The van der Waals surface area contributed by atoms with Gasteiger partial charge in [0.2, 0.25) is 0 Å². The highest BCUT2D eigenvalue weighted by molar-refractivity contribution is 5.85. The molecular weight excluding hydrogens is 414 g/mol. The molecule has 2 aromatic carbocycles. The van der Waals surface area contributed by atoms with Crippen LogP contribution in [-0.2, 0) is 27.2 Å². The van der Waals surface area contributed by atoms with Crippen molar-refractivity contribution in [1.29, 1.82) is 0 Å². The Morgan fingerprint density at radius 3 is 2.36 bits per heavy atom. The number of benzene rings is 2. The van der Waals surface area contributed by atoms with Crippen LogP contribution in [0.5, 0.6) is 0 Å². The summed E-state index contributed by atoms with van der Waals surface area (Å²) >= 11 is 0. The minimum absolute atomic E-state index is 0.299. The number of fused-ring (bicyclic) bond motifs is 2. The van der Waals surface area contributed by atoms with Gasteiger partial charge in [-0.2, -0.15) is 0 Å². The second-order valence-electron chi connectivity index (χ2n) is 9.77. The Balaban J connectivity index is 1.69. The fourth-order valence-corrected chi connectivity index (χ4v) is 5.50. The number of piperidine rings is 1. The van der Waals surface area contributed by atoms with E-state index in [2.05, 4.69) is 49.1 Å². The first-order valence-corrected chi connectivity index (χ1v) is 11.7. The fraction of sp³-hybridized carbons (Fsp3) is 0.423. The van der Waals surface area contributed by atoms with E-state index in [0.29, 0.717) is 36.1 Å². The van der Waals surface area contributed by atoms with Crippen LogP contribution in [0.1, 0.15) is 31.7 Å². The van der Waals surface area contributed by atoms with E-state index in [1.165, 1.54) is 28.0 Å². The van der Waals surface area contributed by atoms with Crippen molar-refractivity contribution < 1.29 is 0 Å². The third-order valence-electron chi connectivity index (χ3n) is 6.94. The third kappa shape index (κ3) is 3.80. The van der Waals surface area contributed by atoms with Crippen molar-refractivity contribution >= 4 is 21.9 Å². The van der Waals surface area contributed by atoms with Gasteiger partial charge < -0.3 is 4.57 Å². The number of aromatic nitrogens is 4. The van der Waals surface area contributed by atoms with Crippen molar-refractivity contribution in [3.05, 3.63) is 74.7 Å². The van der Waals surface area contributed by atoms with Crippen LogP contribution in [0.15, 0.2) is 52.1 Å². The van der Waals surface area contributed by atoms with E-state index < -0.39 is 0 Å². The van der Waals surface area contributed by atoms with Gasteiger partial charge >= 0.3 is 5.69 Å². The summed E-state index contributed by atoms with van der Waals surface area (Å²) < 4.78 is 4.70. The Bertz CT molecular complexity index is 1450. The third-order valence-corrected chi connectivity index (χ3v) is 6.94. The number of imidazole rings is 1. The minimum Gasteiger partial charge on any atom is -0.317 e. The van der Waals surface area contributed by atoms with Crippen molar-refractivity contribution in [3.63, 3.8) is 0 Å². The normalized spacial score (nSPS) is 19.5. The molecule has 0 amide bonds. The average molecular weight is 446 g/mol. The van der Waals surface area contributed by atoms with Crippen LogP contribution in [0.3, 0.4) is 0 Å². The molecule has 0 saturated carbocycles. The van der Waals surface area contributed by atoms with E-state index in [0.717, 1.165) is 29.9 Å². The Morgan fingerprint density at radius 1 is 0.909 bits per heavy atom. The summed E-state index contributed by atoms with van der Waals surface area (Å²) in [4.78, 5) is 33.2. The summed E-state index contributed by atoms with van der Waals surface area (Å²) in [6, 6.07) is 14.6. The van der Waals surface area contributed by atoms with Gasteiger partial charge in [0.25, 0.3) is 5.56 Å². The predicted molar refractivity (Wildman–Crippen MR) is 131 cm³/mol. The molecule has 1 saturated heterocycles. The van der Waals surface area contributed by atoms with E-state index in [1.807, 2.05) is 16.7 Å². The largest absolute Gasteiger partial charge is 0.332 e. The van der Waals surface area contributed by atoms with Gasteiger partial charge in [-0.15, -0.1) is 0 Å². The monoisotopic (exact) mass is 445 g/mol. The molecule has 1 aliphatic rings. The predicted octanol–water partition coefficient (Wildman–Crippen LogP) is 3.11. The molecule has 0 radical (unpaired) electrons. The van der Waals surface area contributed by atoms with Crippen LogP contribution in [0.2, 0.25) is 0 Å². The molecule has 4 aromatic rings. The molecule has 0 unspecified atom stereocenters. The van der Waals surface area contributed by atoms with Crippen LogP contribution in [0.25, 0.3) is 21.9 Å². The van der Waals surface area contributed by atoms with Gasteiger partial charge in [-0.25, -0.2) is 9.78 Å². The highest BCUT2D eigenvalue weighted by Gasteiger charge is 2.25. The Labute approximate surface area is 192 Å². The molecule has 33 heavy (non-hydrogen) atoms. The smallest absolute Gasteiger partial charge is 0.317 e. The topological polar surface area (TPSA) is 65.1 Å². The second kappa shape index (κ2) is 8.30. The summed E-state index contributed by atoms with van der Waals surface area (Å²) in [7, 11) is 3.22. The summed E-state index contributed by atoms with van der Waals surface area (Å²) in [6.07, 6.45) is 1.23. The molecule has 0 N–H and O–H groups in total. The lowest BCUT2D eigenvalue weighted by Gasteiger charge is -2.34. The number of hydrogen-bond acceptors (Lipinski definition) is 4. The molecule has 0 spiro atoms. The van der Waals surface area contributed by atoms with Crippen LogP contribution < -0.4 is 11.2 Å². The molecule has 7 heteroatoms. The maximum atomic E-state index is 13.3. The average Bonchev–Trinajstić information content (AvgIpc) is 3.13. The number of likely N-dealkylation sites (tertiary alicyclic amines) is 1. The van der Waals surface area contributed by atoms with E-state index >= 15 is 0 Å². The van der Waals surface area contributed by atoms with E-state index in [9.17, 15) is 9.59 Å². The molecule has 2 atom stereocenters. The van der Waals surface area contributed by atoms with Crippen molar-refractivity contribution in [2.75, 3.05) is 13.1 Å². The van der Waals surface area contributed by atoms with E-state index in [4.69, 9.17) is 4.98 Å². The quantitative estimate of drug-likeness (QED) is 0.484. The number of hydrogen-bond donors (Lipinski definition) is 0. The fourth-order valence-electron chi connectivity index (χ4n) is 5.50. The van der Waals surface area contributed by atoms with Crippen LogP contribution >= 0.6 is 0 Å². The molecule has 172 valence electrons. The molecule has 0 bridgehead atoms. The van der Waals surface area contributed by atoms with Gasteiger partial charge in [-0.1, -0.05) is 56.3 Å². The molecular formula is C26H31N5O2. The van der Waals surface area contributed by atoms with Crippen molar-refractivity contribution in [3.8, 4) is 0 Å². The lowest BCUT2D eigenvalue weighted by Crippen LogP contribution is -2.39. The van der Waals surface area contributed by atoms with Crippen molar-refractivity contribution in [1.82, 2.24) is 23.6 Å². The maximum Gasteiger partial charge on any atom is 0.332 e. The van der Waals surface area contributed by atoms with Gasteiger partial charge in [-0.3, -0.25) is 18.8 Å². The zero-order chi connectivity index (χ0) is 23.3. The Hall–Kier alpha value is -3.19. The summed E-state index contributed by atoms with van der Waals surface area (Å²) in [6.45, 7) is 7.80. The number of nitrogens with zero attached hydrogens (tertiary/aromatic N) is 5. The summed E-state index contributed by atoms with van der Waals surface area (Å²) in [5.74, 6) is 2.08. The van der Waals surface area contributed by atoms with Gasteiger partial charge in [0.05, 0.1) is 13.1 Å². The molecule has 1 aliphatic heterocycles. The van der Waals surface area contributed by atoms with Gasteiger partial charge in [-0.05, 0) is 34.6 Å². The van der Waals surface area contributed by atoms with E-state index in [1.54, 1.807) is 7.05 Å². The Morgan fingerprint density at radius 2 is 1.61 bits per heavy atom. The van der Waals surface area contributed by atoms with Gasteiger partial charge in [0, 0.05) is 27.2 Å². The Kier molecular flexibility index (Phi) is 5.44. The first-order valence-electron chi connectivity index (χ1n) is 11.7. The first-order chi connectivity index (χ1) is 15.8. The van der Waals surface area contributed by atoms with Crippen LogP contribution in [-0.4, -0.2) is 36.7 Å². The molecule has 7 nitrogen and oxygen atoms in total. The minimum atomic E-state index is -0.353. The molecule has 3 heterocycles. The van der Waals surface area contributed by atoms with Crippen molar-refractivity contribution in [2.24, 2.45) is 25.9 Å². The highest BCUT2D eigenvalue weighted by Crippen LogP contribution is 2.25. The van der Waals surface area contributed by atoms with Crippen LogP contribution in [0, 0.1) is 11.8 Å². The second-order valence-corrected chi connectivity index (χ2v) is 9.77. The summed E-state index contributed by atoms with van der Waals surface area (Å²) in [5, 5.41) is 2.33. The number of aryl methyl sites for hydroxylation is 1. The van der Waals surface area contributed by atoms with Crippen molar-refractivity contribution in [2.45, 2.75) is 33.4 Å². The molecule has 2 aromatic heterocycles. The number of rotatable bonds is 4. The van der Waals surface area contributed by atoms with Gasteiger partial charge in [0.1, 0.15) is 5.82 Å². The zero-order valence-electron chi connectivity index (χ0n) is 19.8.